The zero-order valence-corrected chi connectivity index (χ0v) is 15.6. The molecule has 0 bridgehead atoms. The Balaban J connectivity index is 2.04. The van der Waals surface area contributed by atoms with Gasteiger partial charge in [0, 0.05) is 6.42 Å². The van der Waals surface area contributed by atoms with Gasteiger partial charge in [-0.1, -0.05) is 12.1 Å². The summed E-state index contributed by atoms with van der Waals surface area (Å²) in [6.45, 7) is -0.320. The molecule has 0 aliphatic heterocycles. The highest BCUT2D eigenvalue weighted by molar-refractivity contribution is 5.76. The Hall–Kier alpha value is -2.80. The lowest BCUT2D eigenvalue weighted by molar-refractivity contribution is -0.122. The summed E-state index contributed by atoms with van der Waals surface area (Å²) in [5.74, 6) is 0.838. The zero-order valence-electron chi connectivity index (χ0n) is 15.6. The van der Waals surface area contributed by atoms with Crippen molar-refractivity contribution < 1.29 is 28.5 Å². The van der Waals surface area contributed by atoms with Crippen LogP contribution in [0.4, 0.5) is 4.39 Å². The number of rotatable bonds is 9. The van der Waals surface area contributed by atoms with Crippen molar-refractivity contribution in [3.63, 3.8) is 0 Å². The van der Waals surface area contributed by atoms with Gasteiger partial charge in [-0.25, -0.2) is 4.39 Å². The highest BCUT2D eigenvalue weighted by atomic mass is 19.1. The fraction of sp³-hybridized carbons (Fsp3) is 0.350. The number of amides is 1. The third kappa shape index (κ3) is 5.34. The van der Waals surface area contributed by atoms with Crippen LogP contribution in [0.1, 0.15) is 23.6 Å². The molecule has 0 aromatic heterocycles. The standard InChI is InChI=1S/C20H24FNO5/c1-25-17-9-13(10-18(26-2)20(17)27-3)7-8-19(24)22-16(12-23)14-5-4-6-15(21)11-14/h4-6,9-11,16,23H,7-8,12H2,1-3H3,(H,22,24)/t16-/m1/s1. The Labute approximate surface area is 157 Å². The summed E-state index contributed by atoms with van der Waals surface area (Å²) >= 11 is 0. The van der Waals surface area contributed by atoms with E-state index in [4.69, 9.17) is 14.2 Å². The van der Waals surface area contributed by atoms with Gasteiger partial charge in [0.15, 0.2) is 11.5 Å². The molecule has 7 heteroatoms. The molecule has 2 N–H and O–H groups in total. The topological polar surface area (TPSA) is 77.0 Å². The van der Waals surface area contributed by atoms with Crippen molar-refractivity contribution in [2.45, 2.75) is 18.9 Å². The molecule has 0 spiro atoms. The van der Waals surface area contributed by atoms with Crippen LogP contribution in [0.25, 0.3) is 0 Å². The molecule has 6 nitrogen and oxygen atoms in total. The molecule has 1 atom stereocenters. The van der Waals surface area contributed by atoms with Crippen LogP contribution in [-0.2, 0) is 11.2 Å². The van der Waals surface area contributed by atoms with Crippen LogP contribution >= 0.6 is 0 Å². The second kappa shape index (κ2) is 9.78. The van der Waals surface area contributed by atoms with Gasteiger partial charge < -0.3 is 24.6 Å². The van der Waals surface area contributed by atoms with Crippen molar-refractivity contribution in [3.8, 4) is 17.2 Å². The zero-order chi connectivity index (χ0) is 19.8. The lowest BCUT2D eigenvalue weighted by Gasteiger charge is -2.17. The van der Waals surface area contributed by atoms with E-state index in [0.717, 1.165) is 5.56 Å². The third-order valence-corrected chi connectivity index (χ3v) is 4.13. The number of aryl methyl sites for hydroxylation is 1. The van der Waals surface area contributed by atoms with Crippen LogP contribution in [0.15, 0.2) is 36.4 Å². The van der Waals surface area contributed by atoms with Crippen LogP contribution in [0, 0.1) is 5.82 Å². The number of aliphatic hydroxyl groups is 1. The number of aliphatic hydroxyl groups excluding tert-OH is 1. The van der Waals surface area contributed by atoms with Crippen molar-refractivity contribution in [1.29, 1.82) is 0 Å². The smallest absolute Gasteiger partial charge is 0.220 e. The number of methoxy groups -OCH3 is 3. The van der Waals surface area contributed by atoms with E-state index in [2.05, 4.69) is 5.32 Å². The molecule has 146 valence electrons. The fourth-order valence-electron chi connectivity index (χ4n) is 2.76. The van der Waals surface area contributed by atoms with E-state index in [9.17, 15) is 14.3 Å². The normalized spacial score (nSPS) is 11.6. The Morgan fingerprint density at radius 2 is 1.78 bits per heavy atom. The number of carbonyl (C=O) groups is 1. The van der Waals surface area contributed by atoms with Gasteiger partial charge in [0.25, 0.3) is 0 Å². The first-order valence-electron chi connectivity index (χ1n) is 8.47. The predicted octanol–water partition coefficient (Wildman–Crippen LogP) is 2.63. The lowest BCUT2D eigenvalue weighted by Crippen LogP contribution is -2.31. The quantitative estimate of drug-likeness (QED) is 0.703. The van der Waals surface area contributed by atoms with Crippen molar-refractivity contribution in [1.82, 2.24) is 5.32 Å². The van der Waals surface area contributed by atoms with Crippen LogP contribution in [0.5, 0.6) is 17.2 Å². The minimum Gasteiger partial charge on any atom is -0.493 e. The maximum atomic E-state index is 13.3. The van der Waals surface area contributed by atoms with Gasteiger partial charge in [-0.05, 0) is 41.8 Å². The molecule has 0 saturated heterocycles. The fourth-order valence-corrected chi connectivity index (χ4v) is 2.76. The minimum atomic E-state index is -0.659. The number of hydrogen-bond acceptors (Lipinski definition) is 5. The summed E-state index contributed by atoms with van der Waals surface area (Å²) in [4.78, 5) is 12.3. The van der Waals surface area contributed by atoms with Gasteiger partial charge in [-0.2, -0.15) is 0 Å². The van der Waals surface area contributed by atoms with E-state index >= 15 is 0 Å². The van der Waals surface area contributed by atoms with Gasteiger partial charge >= 0.3 is 0 Å². The summed E-state index contributed by atoms with van der Waals surface area (Å²) in [5.41, 5.74) is 1.35. The summed E-state index contributed by atoms with van der Waals surface area (Å²) in [5, 5.41) is 12.2. The van der Waals surface area contributed by atoms with E-state index in [1.807, 2.05) is 0 Å². The molecule has 0 heterocycles. The summed E-state index contributed by atoms with van der Waals surface area (Å²) < 4.78 is 29.2. The van der Waals surface area contributed by atoms with E-state index in [1.165, 1.54) is 39.5 Å². The Morgan fingerprint density at radius 3 is 2.30 bits per heavy atom. The monoisotopic (exact) mass is 377 g/mol. The Kier molecular flexibility index (Phi) is 7.43. The van der Waals surface area contributed by atoms with E-state index in [1.54, 1.807) is 18.2 Å². The highest BCUT2D eigenvalue weighted by Crippen LogP contribution is 2.38. The number of ether oxygens (including phenoxy) is 3. The molecule has 0 radical (unpaired) electrons. The number of hydrogen-bond donors (Lipinski definition) is 2. The second-order valence-electron chi connectivity index (χ2n) is 5.89. The number of halogens is 1. The first kappa shape index (κ1) is 20.5. The Bertz CT molecular complexity index is 756. The SMILES string of the molecule is COc1cc(CCC(=O)N[C@H](CO)c2cccc(F)c2)cc(OC)c1OC. The first-order chi connectivity index (χ1) is 13.0. The summed E-state index contributed by atoms with van der Waals surface area (Å²) in [6, 6.07) is 8.70. The molecule has 1 amide bonds. The third-order valence-electron chi connectivity index (χ3n) is 4.13. The molecule has 27 heavy (non-hydrogen) atoms. The van der Waals surface area contributed by atoms with Crippen LogP contribution in [-0.4, -0.2) is 38.9 Å². The minimum absolute atomic E-state index is 0.185. The van der Waals surface area contributed by atoms with Crippen LogP contribution in [0.3, 0.4) is 0 Å². The number of carbonyl (C=O) groups excluding carboxylic acids is 1. The second-order valence-corrected chi connectivity index (χ2v) is 5.89. The first-order valence-corrected chi connectivity index (χ1v) is 8.47. The van der Waals surface area contributed by atoms with Crippen LogP contribution < -0.4 is 19.5 Å². The maximum absolute atomic E-state index is 13.3. The lowest BCUT2D eigenvalue weighted by atomic mass is 10.1. The van der Waals surface area contributed by atoms with E-state index in [-0.39, 0.29) is 18.9 Å². The average molecular weight is 377 g/mol. The number of nitrogens with one attached hydrogen (secondary N) is 1. The molecule has 2 rings (SSSR count). The van der Waals surface area contributed by atoms with Gasteiger partial charge in [0.2, 0.25) is 11.7 Å². The van der Waals surface area contributed by atoms with Gasteiger partial charge in [0.05, 0.1) is 34.0 Å². The van der Waals surface area contributed by atoms with Crippen molar-refractivity contribution in [2.24, 2.45) is 0 Å². The molecule has 0 aliphatic rings. The Morgan fingerprint density at radius 1 is 1.11 bits per heavy atom. The average Bonchev–Trinajstić information content (AvgIpc) is 2.69. The maximum Gasteiger partial charge on any atom is 0.220 e. The van der Waals surface area contributed by atoms with Gasteiger partial charge in [-0.15, -0.1) is 0 Å². The largest absolute Gasteiger partial charge is 0.493 e. The van der Waals surface area contributed by atoms with Crippen molar-refractivity contribution in [2.75, 3.05) is 27.9 Å². The number of benzene rings is 2. The molecule has 0 fully saturated rings. The van der Waals surface area contributed by atoms with Crippen molar-refractivity contribution in [3.05, 3.63) is 53.3 Å². The van der Waals surface area contributed by atoms with E-state index < -0.39 is 11.9 Å². The molecule has 2 aromatic rings. The molecular formula is C20H24FNO5. The molecule has 2 aromatic carbocycles. The van der Waals surface area contributed by atoms with E-state index in [0.29, 0.717) is 29.2 Å². The van der Waals surface area contributed by atoms with Gasteiger partial charge in [-0.3, -0.25) is 4.79 Å². The molecule has 0 saturated carbocycles. The summed E-state index contributed by atoms with van der Waals surface area (Å²) in [6.07, 6.45) is 0.619. The van der Waals surface area contributed by atoms with Gasteiger partial charge in [0.1, 0.15) is 5.82 Å². The highest BCUT2D eigenvalue weighted by Gasteiger charge is 2.16. The molecule has 0 unspecified atom stereocenters. The molecular weight excluding hydrogens is 353 g/mol. The summed E-state index contributed by atoms with van der Waals surface area (Å²) in [7, 11) is 4.58. The molecule has 0 aliphatic carbocycles. The predicted molar refractivity (Wildman–Crippen MR) is 98.8 cm³/mol. The van der Waals surface area contributed by atoms with Crippen molar-refractivity contribution >= 4 is 5.91 Å². The van der Waals surface area contributed by atoms with Crippen LogP contribution in [0.2, 0.25) is 0 Å².